The summed E-state index contributed by atoms with van der Waals surface area (Å²) in [6.45, 7) is 0. The molecule has 0 radical (unpaired) electrons. The van der Waals surface area contributed by atoms with E-state index < -0.39 is 0 Å². The second-order valence-corrected chi connectivity index (χ2v) is 7.83. The van der Waals surface area contributed by atoms with E-state index in [2.05, 4.69) is 41.8 Å². The topological polar surface area (TPSA) is 25.8 Å². The number of aromatic nitrogens is 2. The molecule has 3 aromatic heterocycles. The van der Waals surface area contributed by atoms with Gasteiger partial charge in [-0.3, -0.25) is 0 Å². The van der Waals surface area contributed by atoms with E-state index in [1.165, 1.54) is 9.40 Å². The molecular formula is C6Br2N2S3. The standard InChI is InChI=1S/C6Br2N2S3/c7-5-9-3-1(11-5)2-4(13-3)10-6(8)12-2. The zero-order chi connectivity index (χ0) is 9.00. The Morgan fingerprint density at radius 3 is 1.69 bits per heavy atom. The van der Waals surface area contributed by atoms with Crippen LogP contribution in [0.2, 0.25) is 0 Å². The van der Waals surface area contributed by atoms with Gasteiger partial charge in [0.15, 0.2) is 7.83 Å². The van der Waals surface area contributed by atoms with Gasteiger partial charge in [0.2, 0.25) is 0 Å². The van der Waals surface area contributed by atoms with Crippen LogP contribution < -0.4 is 0 Å². The van der Waals surface area contributed by atoms with Gasteiger partial charge >= 0.3 is 0 Å². The maximum Gasteiger partial charge on any atom is 0.161 e. The third-order valence-corrected chi connectivity index (χ3v) is 5.95. The SMILES string of the molecule is Brc1nc2sc3nc(Br)sc3c2s1. The summed E-state index contributed by atoms with van der Waals surface area (Å²) in [6.07, 6.45) is 0. The van der Waals surface area contributed by atoms with Crippen molar-refractivity contribution in [2.24, 2.45) is 0 Å². The molecule has 0 aliphatic heterocycles. The van der Waals surface area contributed by atoms with Crippen LogP contribution in [0.15, 0.2) is 7.83 Å². The van der Waals surface area contributed by atoms with Gasteiger partial charge in [-0.05, 0) is 31.9 Å². The molecule has 3 heterocycles. The highest BCUT2D eigenvalue weighted by molar-refractivity contribution is 9.11. The summed E-state index contributed by atoms with van der Waals surface area (Å²) in [5, 5.41) is 0. The third-order valence-electron chi connectivity index (χ3n) is 1.54. The number of hydrogen-bond acceptors (Lipinski definition) is 5. The molecule has 0 amide bonds. The first-order valence-electron chi connectivity index (χ1n) is 3.25. The number of nitrogens with zero attached hydrogens (tertiary/aromatic N) is 2. The number of hydrogen-bond donors (Lipinski definition) is 0. The molecule has 0 aromatic carbocycles. The molecule has 3 aromatic rings. The van der Waals surface area contributed by atoms with Crippen LogP contribution in [0, 0.1) is 0 Å². The van der Waals surface area contributed by atoms with E-state index in [4.69, 9.17) is 0 Å². The van der Waals surface area contributed by atoms with Crippen LogP contribution in [0.1, 0.15) is 0 Å². The molecule has 0 bridgehead atoms. The Bertz CT molecular complexity index is 542. The first-order valence-corrected chi connectivity index (χ1v) is 7.28. The number of halogens is 2. The van der Waals surface area contributed by atoms with Crippen molar-refractivity contribution in [3.05, 3.63) is 7.83 Å². The van der Waals surface area contributed by atoms with Gasteiger partial charge in [0.05, 0.1) is 9.40 Å². The van der Waals surface area contributed by atoms with E-state index in [1.807, 2.05) is 0 Å². The Morgan fingerprint density at radius 1 is 0.769 bits per heavy atom. The van der Waals surface area contributed by atoms with Gasteiger partial charge in [-0.25, -0.2) is 9.97 Å². The van der Waals surface area contributed by atoms with Crippen LogP contribution in [0.4, 0.5) is 0 Å². The molecule has 0 aliphatic rings. The van der Waals surface area contributed by atoms with Crippen molar-refractivity contribution in [2.45, 2.75) is 0 Å². The molecule has 0 fully saturated rings. The largest absolute Gasteiger partial charge is 0.218 e. The van der Waals surface area contributed by atoms with Crippen molar-refractivity contribution in [3.63, 3.8) is 0 Å². The van der Waals surface area contributed by atoms with Crippen molar-refractivity contribution in [1.29, 1.82) is 0 Å². The second kappa shape index (κ2) is 2.96. The number of thiazole rings is 2. The molecule has 3 rings (SSSR count). The van der Waals surface area contributed by atoms with Crippen molar-refractivity contribution >= 4 is 84.9 Å². The van der Waals surface area contributed by atoms with Crippen molar-refractivity contribution in [3.8, 4) is 0 Å². The molecule has 7 heteroatoms. The van der Waals surface area contributed by atoms with Gasteiger partial charge < -0.3 is 0 Å². The van der Waals surface area contributed by atoms with Crippen LogP contribution >= 0.6 is 65.9 Å². The summed E-state index contributed by atoms with van der Waals surface area (Å²) in [4.78, 5) is 10.9. The van der Waals surface area contributed by atoms with Gasteiger partial charge in [0, 0.05) is 0 Å². The van der Waals surface area contributed by atoms with Gasteiger partial charge in [0.1, 0.15) is 9.66 Å². The van der Waals surface area contributed by atoms with E-state index in [1.54, 1.807) is 34.0 Å². The maximum atomic E-state index is 4.36. The van der Waals surface area contributed by atoms with E-state index in [9.17, 15) is 0 Å². The van der Waals surface area contributed by atoms with Gasteiger partial charge in [-0.15, -0.1) is 22.7 Å². The zero-order valence-corrected chi connectivity index (χ0v) is 11.5. The first-order chi connectivity index (χ1) is 6.24. The summed E-state index contributed by atoms with van der Waals surface area (Å²) >= 11 is 11.7. The Morgan fingerprint density at radius 2 is 1.23 bits per heavy atom. The Labute approximate surface area is 102 Å². The predicted octanol–water partition coefficient (Wildman–Crippen LogP) is 4.49. The summed E-state index contributed by atoms with van der Waals surface area (Å²) in [5.74, 6) is 0. The van der Waals surface area contributed by atoms with Crippen molar-refractivity contribution in [1.82, 2.24) is 9.97 Å². The molecule has 2 nitrogen and oxygen atoms in total. The van der Waals surface area contributed by atoms with Gasteiger partial charge in [-0.1, -0.05) is 11.3 Å². The van der Waals surface area contributed by atoms with Crippen LogP contribution in [0.25, 0.3) is 19.1 Å². The van der Waals surface area contributed by atoms with Crippen LogP contribution in [0.3, 0.4) is 0 Å². The molecule has 0 aliphatic carbocycles. The quantitative estimate of drug-likeness (QED) is 0.593. The van der Waals surface area contributed by atoms with Crippen LogP contribution in [-0.4, -0.2) is 9.97 Å². The Hall–Kier alpha value is 0.440. The minimum atomic E-state index is 0.945. The average molecular weight is 356 g/mol. The summed E-state index contributed by atoms with van der Waals surface area (Å²) in [5.41, 5.74) is 0. The van der Waals surface area contributed by atoms with Crippen molar-refractivity contribution < 1.29 is 0 Å². The van der Waals surface area contributed by atoms with Crippen molar-refractivity contribution in [2.75, 3.05) is 0 Å². The fourth-order valence-electron chi connectivity index (χ4n) is 1.08. The highest BCUT2D eigenvalue weighted by Crippen LogP contribution is 2.42. The molecular weight excluding hydrogens is 356 g/mol. The monoisotopic (exact) mass is 354 g/mol. The molecule has 0 spiro atoms. The highest BCUT2D eigenvalue weighted by atomic mass is 79.9. The minimum Gasteiger partial charge on any atom is -0.218 e. The van der Waals surface area contributed by atoms with Gasteiger partial charge in [0.25, 0.3) is 0 Å². The smallest absolute Gasteiger partial charge is 0.161 e. The van der Waals surface area contributed by atoms with E-state index >= 15 is 0 Å². The molecule has 0 unspecified atom stereocenters. The Balaban J connectivity index is 2.56. The molecule has 0 N–H and O–H groups in total. The minimum absolute atomic E-state index is 0.945. The normalized spacial score (nSPS) is 11.8. The predicted molar refractivity (Wildman–Crippen MR) is 66.1 cm³/mol. The highest BCUT2D eigenvalue weighted by Gasteiger charge is 2.13. The van der Waals surface area contributed by atoms with E-state index in [0.29, 0.717) is 0 Å². The lowest BCUT2D eigenvalue weighted by Crippen LogP contribution is -1.56. The lowest BCUT2D eigenvalue weighted by molar-refractivity contribution is 1.48. The molecule has 13 heavy (non-hydrogen) atoms. The molecule has 0 atom stereocenters. The van der Waals surface area contributed by atoms with Gasteiger partial charge in [-0.2, -0.15) is 0 Å². The maximum absolute atomic E-state index is 4.36. The lowest BCUT2D eigenvalue weighted by Gasteiger charge is -1.71. The van der Waals surface area contributed by atoms with Crippen LogP contribution in [0.5, 0.6) is 0 Å². The second-order valence-electron chi connectivity index (χ2n) is 2.30. The number of rotatable bonds is 0. The molecule has 0 saturated carbocycles. The fourth-order valence-corrected chi connectivity index (χ4v) is 5.74. The number of thiophene rings is 1. The summed E-state index contributed by atoms with van der Waals surface area (Å²) in [7, 11) is 0. The number of fused-ring (bicyclic) bond motifs is 3. The molecule has 0 saturated heterocycles. The summed E-state index contributed by atoms with van der Waals surface area (Å²) < 4.78 is 4.38. The van der Waals surface area contributed by atoms with E-state index in [0.717, 1.165) is 17.5 Å². The zero-order valence-electron chi connectivity index (χ0n) is 5.88. The van der Waals surface area contributed by atoms with Crippen LogP contribution in [-0.2, 0) is 0 Å². The summed E-state index contributed by atoms with van der Waals surface area (Å²) in [6, 6.07) is 0. The fraction of sp³-hybridized carbons (Fsp3) is 0. The Kier molecular flexibility index (Phi) is 1.99. The first kappa shape index (κ1) is 8.72. The van der Waals surface area contributed by atoms with E-state index in [-0.39, 0.29) is 0 Å². The lowest BCUT2D eigenvalue weighted by atomic mass is 10.6. The third kappa shape index (κ3) is 1.29. The molecule has 66 valence electrons. The average Bonchev–Trinajstić information content (AvgIpc) is 2.60.